The molecule has 1 unspecified atom stereocenters. The van der Waals surface area contributed by atoms with Gasteiger partial charge >= 0.3 is 0 Å². The van der Waals surface area contributed by atoms with Gasteiger partial charge in [0.1, 0.15) is 11.9 Å². The van der Waals surface area contributed by atoms with Crippen LogP contribution in [0.4, 0.5) is 5.69 Å². The molecule has 0 bridgehead atoms. The van der Waals surface area contributed by atoms with Gasteiger partial charge in [-0.15, -0.1) is 0 Å². The molecule has 1 fully saturated rings. The second-order valence-corrected chi connectivity index (χ2v) is 5.41. The highest BCUT2D eigenvalue weighted by molar-refractivity contribution is 5.57. The Bertz CT molecular complexity index is 403. The minimum atomic E-state index is 0.276. The zero-order valence-corrected chi connectivity index (χ0v) is 11.1. The Morgan fingerprint density at radius 1 is 1.28 bits per heavy atom. The molecule has 1 N–H and O–H groups in total. The van der Waals surface area contributed by atoms with Gasteiger partial charge in [0, 0.05) is 13.1 Å². The average Bonchev–Trinajstić information content (AvgIpc) is 3.22. The van der Waals surface area contributed by atoms with Crippen LogP contribution in [0.15, 0.2) is 24.3 Å². The minimum Gasteiger partial charge on any atom is -0.485 e. The van der Waals surface area contributed by atoms with E-state index < -0.39 is 0 Å². The van der Waals surface area contributed by atoms with Crippen LogP contribution in [-0.4, -0.2) is 37.2 Å². The number of anilines is 1. The maximum absolute atomic E-state index is 6.06. The van der Waals surface area contributed by atoms with E-state index in [4.69, 9.17) is 4.74 Å². The first-order valence-electron chi connectivity index (χ1n) is 7.07. The number of para-hydroxylation sites is 2. The lowest BCUT2D eigenvalue weighted by molar-refractivity contribution is 0.136. The van der Waals surface area contributed by atoms with E-state index in [1.54, 1.807) is 0 Å². The predicted octanol–water partition coefficient (Wildman–Crippen LogP) is 2.59. The molecule has 0 saturated heterocycles. The Hall–Kier alpha value is -1.22. The zero-order valence-electron chi connectivity index (χ0n) is 11.1. The number of hydrogen-bond donors (Lipinski definition) is 1. The molecule has 0 spiro atoms. The minimum absolute atomic E-state index is 0.276. The van der Waals surface area contributed by atoms with Crippen LogP contribution in [0.5, 0.6) is 5.75 Å². The third-order valence-corrected chi connectivity index (χ3v) is 3.82. The first-order chi connectivity index (χ1) is 8.85. The first-order valence-corrected chi connectivity index (χ1v) is 7.07. The van der Waals surface area contributed by atoms with Crippen molar-refractivity contribution in [3.05, 3.63) is 24.3 Å². The van der Waals surface area contributed by atoms with Crippen molar-refractivity contribution in [2.45, 2.75) is 25.9 Å². The molecule has 0 aromatic heterocycles. The van der Waals surface area contributed by atoms with Gasteiger partial charge in [0.2, 0.25) is 0 Å². The van der Waals surface area contributed by atoms with Crippen molar-refractivity contribution in [2.75, 3.05) is 31.5 Å². The van der Waals surface area contributed by atoms with Gasteiger partial charge in [-0.3, -0.25) is 4.90 Å². The molecular formula is C15H22N2O. The topological polar surface area (TPSA) is 24.5 Å². The van der Waals surface area contributed by atoms with E-state index in [0.717, 1.165) is 37.0 Å². The van der Waals surface area contributed by atoms with Gasteiger partial charge in [-0.05, 0) is 37.4 Å². The van der Waals surface area contributed by atoms with E-state index >= 15 is 0 Å². The van der Waals surface area contributed by atoms with E-state index in [1.165, 1.54) is 19.4 Å². The Morgan fingerprint density at radius 3 is 2.89 bits per heavy atom. The molecule has 3 heteroatoms. The molecule has 3 nitrogen and oxygen atoms in total. The summed E-state index contributed by atoms with van der Waals surface area (Å²) in [7, 11) is 0. The normalized spacial score (nSPS) is 22.2. The lowest BCUT2D eigenvalue weighted by Crippen LogP contribution is -2.42. The fourth-order valence-corrected chi connectivity index (χ4v) is 2.55. The quantitative estimate of drug-likeness (QED) is 0.864. The van der Waals surface area contributed by atoms with Crippen LogP contribution in [0, 0.1) is 5.92 Å². The predicted molar refractivity (Wildman–Crippen MR) is 74.2 cm³/mol. The number of likely N-dealkylation sites (N-methyl/N-ethyl adjacent to an activating group) is 1. The smallest absolute Gasteiger partial charge is 0.142 e. The van der Waals surface area contributed by atoms with E-state index in [-0.39, 0.29) is 6.10 Å². The maximum Gasteiger partial charge on any atom is 0.142 e. The van der Waals surface area contributed by atoms with Crippen LogP contribution in [0.25, 0.3) is 0 Å². The van der Waals surface area contributed by atoms with Crippen molar-refractivity contribution in [2.24, 2.45) is 5.92 Å². The molecule has 18 heavy (non-hydrogen) atoms. The van der Waals surface area contributed by atoms with E-state index in [1.807, 2.05) is 18.2 Å². The number of benzene rings is 1. The number of rotatable bonds is 5. The molecule has 0 radical (unpaired) electrons. The molecule has 0 amide bonds. The highest BCUT2D eigenvalue weighted by Gasteiger charge is 2.26. The molecule has 1 saturated carbocycles. The van der Waals surface area contributed by atoms with Crippen molar-refractivity contribution in [1.82, 2.24) is 4.90 Å². The van der Waals surface area contributed by atoms with Gasteiger partial charge in [0.15, 0.2) is 0 Å². The summed E-state index contributed by atoms with van der Waals surface area (Å²) in [5.74, 6) is 1.95. The summed E-state index contributed by atoms with van der Waals surface area (Å²) in [4.78, 5) is 2.53. The maximum atomic E-state index is 6.06. The number of hydrogen-bond acceptors (Lipinski definition) is 3. The van der Waals surface area contributed by atoms with Crippen LogP contribution < -0.4 is 10.1 Å². The molecule has 3 rings (SSSR count). The fraction of sp³-hybridized carbons (Fsp3) is 0.600. The van der Waals surface area contributed by atoms with Crippen LogP contribution in [0.1, 0.15) is 19.8 Å². The Balaban J connectivity index is 1.57. The van der Waals surface area contributed by atoms with Crippen LogP contribution in [0.3, 0.4) is 0 Å². The molecule has 1 aromatic rings. The largest absolute Gasteiger partial charge is 0.485 e. The monoisotopic (exact) mass is 246 g/mol. The Kier molecular flexibility index (Phi) is 3.41. The molecule has 1 heterocycles. The molecular weight excluding hydrogens is 224 g/mol. The molecule has 2 aliphatic rings. The van der Waals surface area contributed by atoms with Crippen molar-refractivity contribution in [1.29, 1.82) is 0 Å². The van der Waals surface area contributed by atoms with Gasteiger partial charge < -0.3 is 10.1 Å². The third kappa shape index (κ3) is 2.78. The van der Waals surface area contributed by atoms with Crippen LogP contribution in [0.2, 0.25) is 0 Å². The number of fused-ring (bicyclic) bond motifs is 1. The first kappa shape index (κ1) is 11.8. The number of nitrogens with zero attached hydrogens (tertiary/aromatic N) is 1. The lowest BCUT2D eigenvalue weighted by Gasteiger charge is -2.31. The second-order valence-electron chi connectivity index (χ2n) is 5.41. The van der Waals surface area contributed by atoms with E-state index in [0.29, 0.717) is 0 Å². The number of ether oxygens (including phenoxy) is 1. The Morgan fingerprint density at radius 2 is 2.11 bits per heavy atom. The molecule has 1 aliphatic carbocycles. The second kappa shape index (κ2) is 5.19. The van der Waals surface area contributed by atoms with Crippen LogP contribution >= 0.6 is 0 Å². The fourth-order valence-electron chi connectivity index (χ4n) is 2.55. The van der Waals surface area contributed by atoms with Crippen molar-refractivity contribution in [3.8, 4) is 5.75 Å². The summed E-state index contributed by atoms with van der Waals surface area (Å²) in [5.41, 5.74) is 1.12. The standard InChI is InChI=1S/C15H22N2O/c1-2-17(10-12-7-8-12)11-13-9-16-14-5-3-4-6-15(14)18-13/h3-6,12-13,16H,2,7-11H2,1H3. The zero-order chi connectivity index (χ0) is 12.4. The molecule has 1 atom stereocenters. The van der Waals surface area contributed by atoms with Gasteiger partial charge in [0.05, 0.1) is 12.2 Å². The third-order valence-electron chi connectivity index (χ3n) is 3.82. The summed E-state index contributed by atoms with van der Waals surface area (Å²) in [6.07, 6.45) is 3.12. The summed E-state index contributed by atoms with van der Waals surface area (Å²) in [6.45, 7) is 6.56. The highest BCUT2D eigenvalue weighted by Crippen LogP contribution is 2.31. The van der Waals surface area contributed by atoms with Gasteiger partial charge in [-0.25, -0.2) is 0 Å². The van der Waals surface area contributed by atoms with Crippen molar-refractivity contribution >= 4 is 5.69 Å². The molecule has 98 valence electrons. The molecule has 1 aliphatic heterocycles. The van der Waals surface area contributed by atoms with Gasteiger partial charge in [-0.1, -0.05) is 19.1 Å². The SMILES string of the molecule is CCN(CC1CC1)CC1CNc2ccccc2O1. The highest BCUT2D eigenvalue weighted by atomic mass is 16.5. The van der Waals surface area contributed by atoms with Crippen molar-refractivity contribution < 1.29 is 4.74 Å². The lowest BCUT2D eigenvalue weighted by atomic mass is 10.2. The van der Waals surface area contributed by atoms with E-state index in [9.17, 15) is 0 Å². The molecule has 1 aromatic carbocycles. The van der Waals surface area contributed by atoms with Crippen molar-refractivity contribution in [3.63, 3.8) is 0 Å². The van der Waals surface area contributed by atoms with Gasteiger partial charge in [0.25, 0.3) is 0 Å². The summed E-state index contributed by atoms with van der Waals surface area (Å²) in [5, 5.41) is 3.46. The van der Waals surface area contributed by atoms with E-state index in [2.05, 4.69) is 23.2 Å². The average molecular weight is 246 g/mol. The van der Waals surface area contributed by atoms with Crippen LogP contribution in [-0.2, 0) is 0 Å². The summed E-state index contributed by atoms with van der Waals surface area (Å²) < 4.78 is 6.06. The number of nitrogens with one attached hydrogen (secondary N) is 1. The Labute approximate surface area is 109 Å². The van der Waals surface area contributed by atoms with Gasteiger partial charge in [-0.2, -0.15) is 0 Å². The summed E-state index contributed by atoms with van der Waals surface area (Å²) in [6, 6.07) is 8.20. The summed E-state index contributed by atoms with van der Waals surface area (Å²) >= 11 is 0.